The van der Waals surface area contributed by atoms with Crippen LogP contribution in [0.25, 0.3) is 6.08 Å². The molecule has 4 heteroatoms. The summed E-state index contributed by atoms with van der Waals surface area (Å²) in [5, 5.41) is 2.93. The quantitative estimate of drug-likeness (QED) is 0.759. The molecule has 0 aliphatic carbocycles. The van der Waals surface area contributed by atoms with Gasteiger partial charge in [-0.1, -0.05) is 38.1 Å². The fraction of sp³-hybridized carbons (Fsp3) is 0.316. The van der Waals surface area contributed by atoms with Gasteiger partial charge in [0, 0.05) is 19.2 Å². The number of furan rings is 1. The molecule has 2 rings (SSSR count). The Morgan fingerprint density at radius 2 is 1.87 bits per heavy atom. The molecule has 1 heterocycles. The van der Waals surface area contributed by atoms with E-state index in [2.05, 4.69) is 36.2 Å². The van der Waals surface area contributed by atoms with Gasteiger partial charge < -0.3 is 9.73 Å². The van der Waals surface area contributed by atoms with Gasteiger partial charge >= 0.3 is 0 Å². The number of carbonyl (C=O) groups is 1. The first-order valence-electron chi connectivity index (χ1n) is 8.01. The van der Waals surface area contributed by atoms with Gasteiger partial charge in [0.1, 0.15) is 5.76 Å². The van der Waals surface area contributed by atoms with Crippen molar-refractivity contribution in [3.05, 3.63) is 65.6 Å². The summed E-state index contributed by atoms with van der Waals surface area (Å²) in [4.78, 5) is 14.3. The third-order valence-electron chi connectivity index (χ3n) is 3.80. The monoisotopic (exact) mass is 312 g/mol. The van der Waals surface area contributed by atoms with Crippen LogP contribution in [0.4, 0.5) is 0 Å². The van der Waals surface area contributed by atoms with Gasteiger partial charge in [0.15, 0.2) is 0 Å². The van der Waals surface area contributed by atoms with E-state index in [-0.39, 0.29) is 5.91 Å². The topological polar surface area (TPSA) is 45.5 Å². The van der Waals surface area contributed by atoms with E-state index in [4.69, 9.17) is 4.42 Å². The highest BCUT2D eigenvalue weighted by Crippen LogP contribution is 2.11. The Hall–Kier alpha value is -2.33. The maximum Gasteiger partial charge on any atom is 0.244 e. The highest BCUT2D eigenvalue weighted by molar-refractivity contribution is 5.91. The van der Waals surface area contributed by atoms with E-state index < -0.39 is 0 Å². The molecular weight excluding hydrogens is 288 g/mol. The van der Waals surface area contributed by atoms with E-state index in [0.29, 0.717) is 12.3 Å². The second-order valence-electron chi connectivity index (χ2n) is 5.30. The largest absolute Gasteiger partial charge is 0.465 e. The molecule has 2 aromatic rings. The zero-order valence-electron chi connectivity index (χ0n) is 13.8. The molecule has 0 saturated heterocycles. The van der Waals surface area contributed by atoms with Crippen molar-refractivity contribution >= 4 is 12.0 Å². The second-order valence-corrected chi connectivity index (χ2v) is 5.30. The summed E-state index contributed by atoms with van der Waals surface area (Å²) < 4.78 is 5.16. The molecule has 1 aromatic carbocycles. The zero-order chi connectivity index (χ0) is 16.5. The van der Waals surface area contributed by atoms with Crippen molar-refractivity contribution < 1.29 is 9.21 Å². The standard InChI is InChI=1S/C19H24N2O2/c1-3-21(4-2)15-17-9-6-5-8-16(17)14-20-19(22)12-11-18-10-7-13-23-18/h5-13H,3-4,14-15H2,1-2H3,(H,20,22)/b12-11+. The summed E-state index contributed by atoms with van der Waals surface area (Å²) in [5.74, 6) is 0.543. The molecular formula is C19H24N2O2. The lowest BCUT2D eigenvalue weighted by Gasteiger charge is -2.20. The van der Waals surface area contributed by atoms with Crippen molar-refractivity contribution in [3.63, 3.8) is 0 Å². The molecule has 1 N–H and O–H groups in total. The van der Waals surface area contributed by atoms with Gasteiger partial charge in [-0.05, 0) is 42.4 Å². The van der Waals surface area contributed by atoms with Crippen molar-refractivity contribution in [2.45, 2.75) is 26.9 Å². The van der Waals surface area contributed by atoms with E-state index in [9.17, 15) is 4.79 Å². The summed E-state index contributed by atoms with van der Waals surface area (Å²) in [6.07, 6.45) is 4.74. The van der Waals surface area contributed by atoms with Gasteiger partial charge in [-0.25, -0.2) is 0 Å². The summed E-state index contributed by atoms with van der Waals surface area (Å²) in [6.45, 7) is 7.78. The van der Waals surface area contributed by atoms with Crippen LogP contribution >= 0.6 is 0 Å². The second kappa shape index (κ2) is 8.96. The lowest BCUT2D eigenvalue weighted by atomic mass is 10.1. The van der Waals surface area contributed by atoms with Crippen LogP contribution < -0.4 is 5.32 Å². The first-order valence-corrected chi connectivity index (χ1v) is 8.01. The molecule has 0 aliphatic heterocycles. The van der Waals surface area contributed by atoms with Crippen LogP contribution in [0.3, 0.4) is 0 Å². The number of carbonyl (C=O) groups excluding carboxylic acids is 1. The van der Waals surface area contributed by atoms with Crippen LogP contribution in [0.15, 0.2) is 53.2 Å². The van der Waals surface area contributed by atoms with Crippen LogP contribution in [0.5, 0.6) is 0 Å². The first-order chi connectivity index (χ1) is 11.2. The zero-order valence-corrected chi connectivity index (χ0v) is 13.8. The van der Waals surface area contributed by atoms with Crippen LogP contribution in [-0.2, 0) is 17.9 Å². The van der Waals surface area contributed by atoms with Crippen molar-refractivity contribution in [2.75, 3.05) is 13.1 Å². The smallest absolute Gasteiger partial charge is 0.244 e. The predicted molar refractivity (Wildman–Crippen MR) is 92.7 cm³/mol. The number of nitrogens with zero attached hydrogens (tertiary/aromatic N) is 1. The maximum atomic E-state index is 11.9. The van der Waals surface area contributed by atoms with Crippen molar-refractivity contribution in [1.82, 2.24) is 10.2 Å². The molecule has 1 aromatic heterocycles. The fourth-order valence-electron chi connectivity index (χ4n) is 2.36. The molecule has 1 amide bonds. The number of hydrogen-bond acceptors (Lipinski definition) is 3. The van der Waals surface area contributed by atoms with Crippen LogP contribution in [0.1, 0.15) is 30.7 Å². The summed E-state index contributed by atoms with van der Waals surface area (Å²) in [7, 11) is 0. The number of hydrogen-bond donors (Lipinski definition) is 1. The molecule has 0 unspecified atom stereocenters. The van der Waals surface area contributed by atoms with Crippen LogP contribution in [-0.4, -0.2) is 23.9 Å². The van der Waals surface area contributed by atoms with E-state index in [0.717, 1.165) is 25.2 Å². The lowest BCUT2D eigenvalue weighted by molar-refractivity contribution is -0.116. The van der Waals surface area contributed by atoms with E-state index >= 15 is 0 Å². The fourth-order valence-corrected chi connectivity index (χ4v) is 2.36. The number of amides is 1. The number of nitrogens with one attached hydrogen (secondary N) is 1. The number of benzene rings is 1. The van der Waals surface area contributed by atoms with Crippen molar-refractivity contribution in [2.24, 2.45) is 0 Å². The van der Waals surface area contributed by atoms with E-state index in [1.807, 2.05) is 18.2 Å². The molecule has 0 aliphatic rings. The van der Waals surface area contributed by atoms with Crippen LogP contribution in [0, 0.1) is 0 Å². The van der Waals surface area contributed by atoms with Gasteiger partial charge in [-0.3, -0.25) is 9.69 Å². The average Bonchev–Trinajstić information content (AvgIpc) is 3.10. The molecule has 0 saturated carbocycles. The lowest BCUT2D eigenvalue weighted by Crippen LogP contribution is -2.25. The van der Waals surface area contributed by atoms with Gasteiger partial charge in [-0.15, -0.1) is 0 Å². The SMILES string of the molecule is CCN(CC)Cc1ccccc1CNC(=O)/C=C/c1ccco1. The van der Waals surface area contributed by atoms with Gasteiger partial charge in [0.05, 0.1) is 6.26 Å². The van der Waals surface area contributed by atoms with E-state index in [1.165, 1.54) is 11.6 Å². The third-order valence-corrected chi connectivity index (χ3v) is 3.80. The first kappa shape index (κ1) is 17.0. The molecule has 4 nitrogen and oxygen atoms in total. The summed E-state index contributed by atoms with van der Waals surface area (Å²) in [5.41, 5.74) is 2.41. The Morgan fingerprint density at radius 3 is 2.52 bits per heavy atom. The van der Waals surface area contributed by atoms with Gasteiger partial charge in [0.25, 0.3) is 0 Å². The Bertz CT molecular complexity index is 629. The summed E-state index contributed by atoms with van der Waals surface area (Å²) in [6, 6.07) is 11.8. The van der Waals surface area contributed by atoms with Crippen molar-refractivity contribution in [1.29, 1.82) is 0 Å². The molecule has 0 atom stereocenters. The molecule has 0 fully saturated rings. The highest BCUT2D eigenvalue weighted by Gasteiger charge is 2.06. The van der Waals surface area contributed by atoms with Gasteiger partial charge in [-0.2, -0.15) is 0 Å². The van der Waals surface area contributed by atoms with Crippen LogP contribution in [0.2, 0.25) is 0 Å². The Balaban J connectivity index is 1.93. The minimum Gasteiger partial charge on any atom is -0.465 e. The van der Waals surface area contributed by atoms with E-state index in [1.54, 1.807) is 18.4 Å². The minimum absolute atomic E-state index is 0.126. The Labute approximate surface area is 137 Å². The number of rotatable bonds is 8. The highest BCUT2D eigenvalue weighted by atomic mass is 16.3. The molecule has 23 heavy (non-hydrogen) atoms. The normalized spacial score (nSPS) is 11.3. The van der Waals surface area contributed by atoms with Crippen molar-refractivity contribution in [3.8, 4) is 0 Å². The Morgan fingerprint density at radius 1 is 1.13 bits per heavy atom. The summed E-state index contributed by atoms with van der Waals surface area (Å²) >= 11 is 0. The minimum atomic E-state index is -0.126. The Kier molecular flexibility index (Phi) is 6.63. The predicted octanol–water partition coefficient (Wildman–Crippen LogP) is 3.45. The molecule has 122 valence electrons. The van der Waals surface area contributed by atoms with Gasteiger partial charge in [0.2, 0.25) is 5.91 Å². The molecule has 0 bridgehead atoms. The molecule has 0 spiro atoms. The maximum absolute atomic E-state index is 11.9. The molecule has 0 radical (unpaired) electrons. The average molecular weight is 312 g/mol. The third kappa shape index (κ3) is 5.42.